The number of nitrogens with two attached hydrogens (primary N) is 1. The number of furan rings is 1. The summed E-state index contributed by atoms with van der Waals surface area (Å²) in [6.45, 7) is 10.5. The quantitative estimate of drug-likeness (QED) is 0.0992. The molecule has 0 radical (unpaired) electrons. The van der Waals surface area contributed by atoms with Gasteiger partial charge in [-0.1, -0.05) is 81.2 Å². The molecule has 6 nitrogen and oxygen atoms in total. The van der Waals surface area contributed by atoms with Gasteiger partial charge in [0.1, 0.15) is 5.76 Å². The Morgan fingerprint density at radius 1 is 0.923 bits per heavy atom. The molecule has 0 amide bonds. The largest absolute Gasteiger partial charge is 0.465 e. The van der Waals surface area contributed by atoms with Crippen LogP contribution < -0.4 is 5.73 Å². The molecule has 3 aromatic carbocycles. The maximum Gasteiger partial charge on any atom is 0.449 e. The maximum absolute atomic E-state index is 11.8. The highest BCUT2D eigenvalue weighted by molar-refractivity contribution is 9.10. The summed E-state index contributed by atoms with van der Waals surface area (Å²) in [5, 5.41) is 1.87. The van der Waals surface area contributed by atoms with E-state index in [9.17, 15) is 22.8 Å². The number of rotatable bonds is 7. The zero-order valence-electron chi connectivity index (χ0n) is 29.1. The Labute approximate surface area is 338 Å². The van der Waals surface area contributed by atoms with Crippen LogP contribution in [-0.2, 0) is 39.4 Å². The second kappa shape index (κ2) is 22.5. The van der Waals surface area contributed by atoms with Gasteiger partial charge in [-0.05, 0) is 125 Å². The summed E-state index contributed by atoms with van der Waals surface area (Å²) in [4.78, 5) is 27.0. The average Bonchev–Trinajstić information content (AvgIpc) is 3.60. The van der Waals surface area contributed by atoms with E-state index in [1.807, 2.05) is 69.3 Å². The summed E-state index contributed by atoms with van der Waals surface area (Å²) in [7, 11) is 0. The predicted molar refractivity (Wildman–Crippen MR) is 215 cm³/mol. The number of alkyl halides is 4. The SMILES string of the molecule is CCOC(=O)C(C)(C)c1cncc(Br)c1.CCc1cc(Br)ccc1CN.Cc1ccc2ccccc2c1C(=O)Cl.Cl.FC(F)(F)c1ccc(CBr)o1. The van der Waals surface area contributed by atoms with Crippen LogP contribution in [0.2, 0.25) is 0 Å². The van der Waals surface area contributed by atoms with Gasteiger partial charge in [0.2, 0.25) is 5.76 Å². The molecule has 0 unspecified atom stereocenters. The van der Waals surface area contributed by atoms with Crippen molar-refractivity contribution < 1.29 is 31.9 Å². The lowest BCUT2D eigenvalue weighted by Gasteiger charge is -2.22. The standard InChI is InChI=1S/C12H9ClO.C11H14BrNO2.C9H12BrN.C6H4BrF3O.ClH/c1-8-6-7-9-4-2-3-5-10(9)11(8)12(13)14;1-4-15-10(14)11(2,3)8-5-9(12)7-13-6-8;1-2-7-5-9(10)4-3-8(7)6-11;7-3-4-1-2-5(11-4)6(8,9)10;/h2-7H,1H3;5-7H,4H2,1-3H3;3-5H,2,6,11H2,1H3;1-2H,3H2;1H. The minimum absolute atomic E-state index is 0. The molecule has 2 N–H and O–H groups in total. The number of benzene rings is 3. The summed E-state index contributed by atoms with van der Waals surface area (Å²) in [6, 6.07) is 22.0. The molecule has 0 aliphatic rings. The number of fused-ring (bicyclic) bond motifs is 1. The number of ether oxygens (including phenoxy) is 1. The van der Waals surface area contributed by atoms with E-state index in [1.54, 1.807) is 19.3 Å². The summed E-state index contributed by atoms with van der Waals surface area (Å²) >= 11 is 15.3. The molecule has 5 rings (SSSR count). The van der Waals surface area contributed by atoms with Gasteiger partial charge < -0.3 is 14.9 Å². The lowest BCUT2D eigenvalue weighted by Crippen LogP contribution is -2.31. The summed E-state index contributed by atoms with van der Waals surface area (Å²) in [5.41, 5.74) is 9.86. The van der Waals surface area contributed by atoms with Crippen LogP contribution in [0.5, 0.6) is 0 Å². The van der Waals surface area contributed by atoms with Crippen molar-refractivity contribution in [2.45, 2.75) is 64.5 Å². The van der Waals surface area contributed by atoms with E-state index in [2.05, 4.69) is 76.2 Å². The number of carbonyl (C=O) groups excluding carboxylic acids is 2. The van der Waals surface area contributed by atoms with E-state index < -0.39 is 17.4 Å². The normalized spacial score (nSPS) is 10.7. The lowest BCUT2D eigenvalue weighted by molar-refractivity contribution is -0.153. The molecule has 52 heavy (non-hydrogen) atoms. The Morgan fingerprint density at radius 3 is 2.12 bits per heavy atom. The fourth-order valence-corrected chi connectivity index (χ4v) is 5.87. The Hall–Kier alpha value is -2.74. The molecule has 282 valence electrons. The number of esters is 1. The van der Waals surface area contributed by atoms with Gasteiger partial charge in [0.05, 0.1) is 17.4 Å². The number of hydrogen-bond acceptors (Lipinski definition) is 6. The van der Waals surface area contributed by atoms with Crippen LogP contribution in [-0.4, -0.2) is 22.8 Å². The fourth-order valence-electron chi connectivity index (χ4n) is 4.55. The molecule has 14 heteroatoms. The molecule has 0 aliphatic carbocycles. The maximum atomic E-state index is 11.8. The van der Waals surface area contributed by atoms with E-state index in [-0.39, 0.29) is 29.4 Å². The molecule has 0 bridgehead atoms. The zero-order valence-corrected chi connectivity index (χ0v) is 35.5. The van der Waals surface area contributed by atoms with Gasteiger partial charge >= 0.3 is 12.1 Å². The third kappa shape index (κ3) is 14.2. The molecule has 2 heterocycles. The van der Waals surface area contributed by atoms with E-state index in [4.69, 9.17) is 22.1 Å². The molecule has 0 aliphatic heterocycles. The highest BCUT2D eigenvalue weighted by Gasteiger charge is 2.34. The Morgan fingerprint density at radius 2 is 1.60 bits per heavy atom. The summed E-state index contributed by atoms with van der Waals surface area (Å²) in [5.74, 6) is -0.908. The van der Waals surface area contributed by atoms with Gasteiger partial charge in [-0.15, -0.1) is 12.4 Å². The molecule has 0 spiro atoms. The Kier molecular flexibility index (Phi) is 20.4. The highest BCUT2D eigenvalue weighted by Crippen LogP contribution is 2.31. The first-order valence-electron chi connectivity index (χ1n) is 15.7. The summed E-state index contributed by atoms with van der Waals surface area (Å²) in [6.07, 6.45) is 0.0405. The van der Waals surface area contributed by atoms with Crippen LogP contribution >= 0.6 is 71.8 Å². The average molecular weight is 956 g/mol. The number of aryl methyl sites for hydroxylation is 2. The van der Waals surface area contributed by atoms with Crippen molar-refractivity contribution in [2.75, 3.05) is 6.61 Å². The van der Waals surface area contributed by atoms with Crippen molar-refractivity contribution in [1.82, 2.24) is 4.98 Å². The third-order valence-corrected chi connectivity index (χ3v) is 9.06. The summed E-state index contributed by atoms with van der Waals surface area (Å²) < 4.78 is 46.9. The topological polar surface area (TPSA) is 95.4 Å². The second-order valence-corrected chi connectivity index (χ2v) is 14.1. The first-order valence-corrected chi connectivity index (χ1v) is 18.7. The number of nitrogens with zero attached hydrogens (tertiary/aromatic N) is 1. The molecule has 2 aromatic heterocycles. The van der Waals surface area contributed by atoms with Crippen molar-refractivity contribution in [3.63, 3.8) is 0 Å². The molecule has 0 saturated heterocycles. The van der Waals surface area contributed by atoms with Crippen molar-refractivity contribution in [2.24, 2.45) is 5.73 Å². The monoisotopic (exact) mass is 952 g/mol. The van der Waals surface area contributed by atoms with Gasteiger partial charge in [0, 0.05) is 33.4 Å². The van der Waals surface area contributed by atoms with Crippen LogP contribution in [0.3, 0.4) is 0 Å². The first-order chi connectivity index (χ1) is 24.0. The van der Waals surface area contributed by atoms with Crippen molar-refractivity contribution in [1.29, 1.82) is 0 Å². The zero-order chi connectivity index (χ0) is 38.4. The van der Waals surface area contributed by atoms with Gasteiger partial charge in [0.15, 0.2) is 0 Å². The molecule has 0 fully saturated rings. The number of halogens is 8. The van der Waals surface area contributed by atoms with Crippen LogP contribution in [0.15, 0.2) is 98.6 Å². The van der Waals surface area contributed by atoms with Gasteiger partial charge in [-0.25, -0.2) is 0 Å². The number of hydrogen-bond donors (Lipinski definition) is 1. The van der Waals surface area contributed by atoms with E-state index in [0.717, 1.165) is 43.3 Å². The van der Waals surface area contributed by atoms with E-state index in [1.165, 1.54) is 17.2 Å². The van der Waals surface area contributed by atoms with Crippen molar-refractivity contribution in [3.8, 4) is 0 Å². The molecular weight excluding hydrogens is 916 g/mol. The number of carbonyl (C=O) groups is 2. The Bertz CT molecular complexity index is 1900. The fraction of sp³-hybridized carbons (Fsp3) is 0.289. The van der Waals surface area contributed by atoms with Crippen LogP contribution in [0.25, 0.3) is 10.8 Å². The van der Waals surface area contributed by atoms with E-state index >= 15 is 0 Å². The van der Waals surface area contributed by atoms with Crippen LogP contribution in [0, 0.1) is 6.92 Å². The van der Waals surface area contributed by atoms with Crippen LogP contribution in [0.1, 0.15) is 71.8 Å². The molecular formula is C38H40Br3Cl2F3N2O4. The minimum Gasteiger partial charge on any atom is -0.465 e. The Balaban J connectivity index is 0.000000348. The highest BCUT2D eigenvalue weighted by atomic mass is 79.9. The number of aromatic nitrogens is 1. The van der Waals surface area contributed by atoms with Gasteiger partial charge in [-0.3, -0.25) is 14.6 Å². The third-order valence-electron chi connectivity index (χ3n) is 7.39. The second-order valence-electron chi connectivity index (χ2n) is 11.4. The van der Waals surface area contributed by atoms with Gasteiger partial charge in [-0.2, -0.15) is 13.2 Å². The van der Waals surface area contributed by atoms with Crippen LogP contribution in [0.4, 0.5) is 13.2 Å². The lowest BCUT2D eigenvalue weighted by atomic mass is 9.86. The van der Waals surface area contributed by atoms with Crippen molar-refractivity contribution >= 4 is 93.8 Å². The number of pyridine rings is 1. The molecule has 5 aromatic rings. The predicted octanol–water partition coefficient (Wildman–Crippen LogP) is 12.3. The molecule has 0 atom stereocenters. The van der Waals surface area contributed by atoms with Gasteiger partial charge in [0.25, 0.3) is 5.24 Å². The molecule has 0 saturated carbocycles. The van der Waals surface area contributed by atoms with E-state index in [0.29, 0.717) is 24.0 Å². The first kappa shape index (κ1) is 47.3. The minimum atomic E-state index is -4.37. The smallest absolute Gasteiger partial charge is 0.449 e. The van der Waals surface area contributed by atoms with Crippen molar-refractivity contribution in [3.05, 3.63) is 133 Å².